The molecule has 2 N–H and O–H groups in total. The number of H-pyrrole nitrogens is 1. The van der Waals surface area contributed by atoms with Crippen LogP contribution in [0.25, 0.3) is 0 Å². The van der Waals surface area contributed by atoms with Gasteiger partial charge in [0.2, 0.25) is 5.91 Å². The van der Waals surface area contributed by atoms with Crippen LogP contribution in [0, 0.1) is 5.92 Å². The highest BCUT2D eigenvalue weighted by atomic mass is 16.3. The van der Waals surface area contributed by atoms with E-state index in [1.807, 2.05) is 16.7 Å². The summed E-state index contributed by atoms with van der Waals surface area (Å²) in [5.74, 6) is 0.155. The maximum atomic E-state index is 12.8. The van der Waals surface area contributed by atoms with Crippen molar-refractivity contribution in [1.82, 2.24) is 19.8 Å². The van der Waals surface area contributed by atoms with Crippen LogP contribution >= 0.6 is 0 Å². The molecule has 7 heteroatoms. The van der Waals surface area contributed by atoms with Gasteiger partial charge in [-0.2, -0.15) is 0 Å². The fraction of sp³-hybridized carbons (Fsp3) is 0.667. The number of carbonyl (C=O) groups excluding carboxylic acids is 2. The molecule has 3 rings (SSSR count). The quantitative estimate of drug-likeness (QED) is 0.819. The lowest BCUT2D eigenvalue weighted by atomic mass is 9.89. The van der Waals surface area contributed by atoms with Crippen molar-refractivity contribution in [2.75, 3.05) is 19.7 Å². The summed E-state index contributed by atoms with van der Waals surface area (Å²) >= 11 is 0. The van der Waals surface area contributed by atoms with E-state index < -0.39 is 5.54 Å². The van der Waals surface area contributed by atoms with E-state index in [0.29, 0.717) is 25.2 Å². The fourth-order valence-electron chi connectivity index (χ4n) is 3.95. The molecule has 0 aliphatic carbocycles. The maximum Gasteiger partial charge on any atom is 0.272 e. The number of aliphatic hydroxyl groups is 1. The molecule has 1 aromatic rings. The molecule has 3 heterocycles. The van der Waals surface area contributed by atoms with Gasteiger partial charge in [0.1, 0.15) is 5.69 Å². The van der Waals surface area contributed by atoms with Crippen LogP contribution in [-0.4, -0.2) is 68.0 Å². The van der Waals surface area contributed by atoms with E-state index >= 15 is 0 Å². The summed E-state index contributed by atoms with van der Waals surface area (Å²) in [5, 5.41) is 9.86. The molecule has 22 heavy (non-hydrogen) atoms. The Hall–Kier alpha value is -1.89. The van der Waals surface area contributed by atoms with Gasteiger partial charge in [0.25, 0.3) is 5.91 Å². The number of carbonyl (C=O) groups is 2. The van der Waals surface area contributed by atoms with Crippen molar-refractivity contribution in [1.29, 1.82) is 0 Å². The summed E-state index contributed by atoms with van der Waals surface area (Å²) in [7, 11) is 0. The van der Waals surface area contributed by atoms with Crippen molar-refractivity contribution in [2.24, 2.45) is 5.92 Å². The molecule has 7 nitrogen and oxygen atoms in total. The summed E-state index contributed by atoms with van der Waals surface area (Å²) in [4.78, 5) is 34.8. The Bertz CT molecular complexity index is 573. The first-order chi connectivity index (χ1) is 10.5. The molecule has 0 unspecified atom stereocenters. The zero-order valence-corrected chi connectivity index (χ0v) is 13.0. The number of rotatable bonds is 2. The number of nitrogens with zero attached hydrogens (tertiary/aromatic N) is 3. The first-order valence-corrected chi connectivity index (χ1v) is 7.64. The van der Waals surface area contributed by atoms with E-state index in [1.165, 1.54) is 12.5 Å². The molecule has 3 atom stereocenters. The first-order valence-electron chi connectivity index (χ1n) is 7.64. The molecular weight excluding hydrogens is 284 g/mol. The van der Waals surface area contributed by atoms with E-state index in [0.717, 1.165) is 6.42 Å². The van der Waals surface area contributed by atoms with E-state index in [1.54, 1.807) is 6.92 Å². The van der Waals surface area contributed by atoms with Gasteiger partial charge in [-0.25, -0.2) is 4.98 Å². The van der Waals surface area contributed by atoms with Crippen molar-refractivity contribution in [3.63, 3.8) is 0 Å². The molecule has 0 radical (unpaired) electrons. The maximum absolute atomic E-state index is 12.8. The van der Waals surface area contributed by atoms with Gasteiger partial charge in [-0.3, -0.25) is 9.59 Å². The molecule has 0 bridgehead atoms. The Kier molecular flexibility index (Phi) is 3.68. The molecule has 2 aliphatic heterocycles. The van der Waals surface area contributed by atoms with E-state index in [4.69, 9.17) is 0 Å². The van der Waals surface area contributed by atoms with Crippen LogP contribution in [-0.2, 0) is 4.79 Å². The molecular formula is C15H22N4O3. The van der Waals surface area contributed by atoms with Gasteiger partial charge in [-0.15, -0.1) is 0 Å². The van der Waals surface area contributed by atoms with Crippen molar-refractivity contribution < 1.29 is 14.7 Å². The van der Waals surface area contributed by atoms with Crippen molar-refractivity contribution in [3.8, 4) is 0 Å². The highest BCUT2D eigenvalue weighted by Gasteiger charge is 2.52. The molecule has 2 fully saturated rings. The SMILES string of the molecule is CC(=O)N1CC[C@H]2[C@H](C1)C[C@](C)(CO)N2C(=O)c1cnc[nH]1. The topological polar surface area (TPSA) is 89.5 Å². The standard InChI is InChI=1S/C15H22N4O3/c1-10(21)18-4-3-13-11(7-18)5-15(2,8-20)19(13)14(22)12-6-16-9-17-12/h6,9,11,13,20H,3-5,7-8H2,1-2H3,(H,16,17)/t11-,13-,15+/m0/s1. The number of amides is 2. The normalized spacial score (nSPS) is 31.2. The van der Waals surface area contributed by atoms with Gasteiger partial charge < -0.3 is 19.9 Å². The minimum absolute atomic E-state index is 0.0588. The number of hydrogen-bond donors (Lipinski definition) is 2. The number of piperidine rings is 1. The van der Waals surface area contributed by atoms with E-state index in [9.17, 15) is 14.7 Å². The van der Waals surface area contributed by atoms with Crippen molar-refractivity contribution in [2.45, 2.75) is 38.3 Å². The van der Waals surface area contributed by atoms with Crippen LogP contribution < -0.4 is 0 Å². The predicted molar refractivity (Wildman–Crippen MR) is 79.0 cm³/mol. The summed E-state index contributed by atoms with van der Waals surface area (Å²) in [5.41, 5.74) is -0.154. The molecule has 2 aliphatic rings. The van der Waals surface area contributed by atoms with E-state index in [-0.39, 0.29) is 30.4 Å². The number of imidazole rings is 1. The summed E-state index contributed by atoms with van der Waals surface area (Å²) in [6, 6.07) is 0.0588. The predicted octanol–water partition coefficient (Wildman–Crippen LogP) is 0.244. The van der Waals surface area contributed by atoms with Crippen LogP contribution in [0.4, 0.5) is 0 Å². The lowest BCUT2D eigenvalue weighted by molar-refractivity contribution is -0.130. The van der Waals surface area contributed by atoms with Gasteiger partial charge >= 0.3 is 0 Å². The second-order valence-corrected chi connectivity index (χ2v) is 6.58. The van der Waals surface area contributed by atoms with Crippen LogP contribution in [0.15, 0.2) is 12.5 Å². The average Bonchev–Trinajstić information content (AvgIpc) is 3.11. The zero-order valence-electron chi connectivity index (χ0n) is 13.0. The second kappa shape index (κ2) is 5.39. The van der Waals surface area contributed by atoms with Gasteiger partial charge in [-0.1, -0.05) is 0 Å². The molecule has 120 valence electrons. The average molecular weight is 306 g/mol. The smallest absolute Gasteiger partial charge is 0.272 e. The molecule has 0 spiro atoms. The van der Waals surface area contributed by atoms with Crippen LogP contribution in [0.3, 0.4) is 0 Å². The summed E-state index contributed by atoms with van der Waals surface area (Å²) < 4.78 is 0. The van der Waals surface area contributed by atoms with Crippen LogP contribution in [0.1, 0.15) is 37.2 Å². The van der Waals surface area contributed by atoms with Crippen LogP contribution in [0.5, 0.6) is 0 Å². The fourth-order valence-corrected chi connectivity index (χ4v) is 3.95. The number of aromatic nitrogens is 2. The van der Waals surface area contributed by atoms with Gasteiger partial charge in [0.05, 0.1) is 24.7 Å². The lowest BCUT2D eigenvalue weighted by Gasteiger charge is -2.40. The Morgan fingerprint density at radius 1 is 1.55 bits per heavy atom. The number of nitrogens with one attached hydrogen (secondary N) is 1. The third kappa shape index (κ3) is 2.29. The van der Waals surface area contributed by atoms with Gasteiger partial charge in [0.15, 0.2) is 0 Å². The Morgan fingerprint density at radius 2 is 2.32 bits per heavy atom. The molecule has 1 aromatic heterocycles. The molecule has 0 saturated carbocycles. The summed E-state index contributed by atoms with van der Waals surface area (Å²) in [6.07, 6.45) is 4.45. The minimum Gasteiger partial charge on any atom is -0.394 e. The number of likely N-dealkylation sites (tertiary alicyclic amines) is 2. The Balaban J connectivity index is 1.88. The number of aliphatic hydroxyl groups excluding tert-OH is 1. The molecule has 2 saturated heterocycles. The lowest BCUT2D eigenvalue weighted by Crippen LogP contribution is -2.54. The van der Waals surface area contributed by atoms with Gasteiger partial charge in [0, 0.05) is 26.1 Å². The number of hydrogen-bond acceptors (Lipinski definition) is 4. The monoisotopic (exact) mass is 306 g/mol. The molecule has 0 aromatic carbocycles. The number of aromatic amines is 1. The van der Waals surface area contributed by atoms with Gasteiger partial charge in [-0.05, 0) is 25.7 Å². The first kappa shape index (κ1) is 15.0. The van der Waals surface area contributed by atoms with Crippen molar-refractivity contribution in [3.05, 3.63) is 18.2 Å². The van der Waals surface area contributed by atoms with Crippen LogP contribution in [0.2, 0.25) is 0 Å². The minimum atomic E-state index is -0.593. The second-order valence-electron chi connectivity index (χ2n) is 6.58. The zero-order chi connectivity index (χ0) is 15.9. The third-order valence-electron chi connectivity index (χ3n) is 5.04. The largest absolute Gasteiger partial charge is 0.394 e. The Morgan fingerprint density at radius 3 is 2.91 bits per heavy atom. The summed E-state index contributed by atoms with van der Waals surface area (Å²) in [6.45, 7) is 4.72. The number of fused-ring (bicyclic) bond motifs is 1. The highest BCUT2D eigenvalue weighted by molar-refractivity contribution is 5.93. The van der Waals surface area contributed by atoms with Crippen molar-refractivity contribution >= 4 is 11.8 Å². The third-order valence-corrected chi connectivity index (χ3v) is 5.04. The Labute approximate surface area is 129 Å². The molecule has 2 amide bonds. The highest BCUT2D eigenvalue weighted by Crippen LogP contribution is 2.42. The van der Waals surface area contributed by atoms with E-state index in [2.05, 4.69) is 9.97 Å².